The topological polar surface area (TPSA) is 71.5 Å². The van der Waals surface area contributed by atoms with Crippen LogP contribution >= 0.6 is 0 Å². The minimum absolute atomic E-state index is 0.113. The average molecular weight is 464 g/mol. The smallest absolute Gasteiger partial charge is 0.247 e. The maximum atomic E-state index is 13.9. The number of hydrogen-bond donors (Lipinski definition) is 1. The van der Waals surface area contributed by atoms with Gasteiger partial charge in [0.2, 0.25) is 11.8 Å². The van der Waals surface area contributed by atoms with Crippen LogP contribution in [0.2, 0.25) is 0 Å². The van der Waals surface area contributed by atoms with Gasteiger partial charge in [-0.1, -0.05) is 36.4 Å². The van der Waals surface area contributed by atoms with E-state index in [4.69, 9.17) is 4.74 Å². The van der Waals surface area contributed by atoms with Crippen LogP contribution in [-0.4, -0.2) is 53.5 Å². The fourth-order valence-electron chi connectivity index (χ4n) is 4.51. The molecule has 0 unspecified atom stereocenters. The normalized spacial score (nSPS) is 16.8. The molecule has 1 atom stereocenters. The number of aromatic nitrogens is 1. The Kier molecular flexibility index (Phi) is 7.22. The Morgan fingerprint density at radius 1 is 1.15 bits per heavy atom. The molecule has 4 rings (SSSR count). The van der Waals surface area contributed by atoms with Gasteiger partial charge < -0.3 is 15.0 Å². The van der Waals surface area contributed by atoms with Crippen LogP contribution in [0.4, 0.5) is 4.39 Å². The molecular weight excluding hydrogens is 433 g/mol. The van der Waals surface area contributed by atoms with Gasteiger partial charge in [-0.25, -0.2) is 4.39 Å². The Balaban J connectivity index is 1.43. The van der Waals surface area contributed by atoms with Gasteiger partial charge in [0.1, 0.15) is 11.4 Å². The molecule has 1 aliphatic heterocycles. The molecule has 2 aromatic carbocycles. The zero-order valence-corrected chi connectivity index (χ0v) is 19.6. The summed E-state index contributed by atoms with van der Waals surface area (Å²) in [5.74, 6) is -0.890. The Bertz CT molecular complexity index is 1180. The summed E-state index contributed by atoms with van der Waals surface area (Å²) in [4.78, 5) is 32.0. The predicted octanol–water partition coefficient (Wildman–Crippen LogP) is 3.53. The van der Waals surface area contributed by atoms with E-state index in [0.717, 1.165) is 17.2 Å². The van der Waals surface area contributed by atoms with Gasteiger partial charge in [-0.05, 0) is 48.9 Å². The Morgan fingerprint density at radius 3 is 2.76 bits per heavy atom. The van der Waals surface area contributed by atoms with Gasteiger partial charge in [-0.3, -0.25) is 14.6 Å². The number of pyridine rings is 1. The molecule has 7 heteroatoms. The SMILES string of the molecule is CC(C)(NC(=O)Cc1ccccc1F)C(=O)N1CCOC[C@H](Cc2cccc3ccncc23)C1. The summed E-state index contributed by atoms with van der Waals surface area (Å²) in [6.45, 7) is 5.36. The monoisotopic (exact) mass is 463 g/mol. The molecule has 0 spiro atoms. The summed E-state index contributed by atoms with van der Waals surface area (Å²) in [7, 11) is 0. The third-order valence-corrected chi connectivity index (χ3v) is 6.20. The van der Waals surface area contributed by atoms with Gasteiger partial charge >= 0.3 is 0 Å². The minimum Gasteiger partial charge on any atom is -0.379 e. The first kappa shape index (κ1) is 23.8. The zero-order chi connectivity index (χ0) is 24.1. The Morgan fingerprint density at radius 2 is 1.94 bits per heavy atom. The summed E-state index contributed by atoms with van der Waals surface area (Å²) < 4.78 is 19.7. The second kappa shape index (κ2) is 10.3. The number of ether oxygens (including phenoxy) is 1. The summed E-state index contributed by atoms with van der Waals surface area (Å²) in [6, 6.07) is 14.3. The second-order valence-corrected chi connectivity index (χ2v) is 9.35. The number of hydrogen-bond acceptors (Lipinski definition) is 4. The lowest BCUT2D eigenvalue weighted by Gasteiger charge is -2.33. The highest BCUT2D eigenvalue weighted by Crippen LogP contribution is 2.23. The maximum Gasteiger partial charge on any atom is 0.247 e. The quantitative estimate of drug-likeness (QED) is 0.607. The van der Waals surface area contributed by atoms with Crippen LogP contribution in [0.15, 0.2) is 60.9 Å². The van der Waals surface area contributed by atoms with Crippen molar-refractivity contribution in [2.45, 2.75) is 32.2 Å². The number of rotatable bonds is 6. The number of amides is 2. The van der Waals surface area contributed by atoms with Crippen LogP contribution < -0.4 is 5.32 Å². The number of halogens is 1. The van der Waals surface area contributed by atoms with Gasteiger partial charge in [-0.15, -0.1) is 0 Å². The number of nitrogens with zero attached hydrogens (tertiary/aromatic N) is 2. The number of nitrogens with one attached hydrogen (secondary N) is 1. The van der Waals surface area contributed by atoms with Crippen molar-refractivity contribution in [1.82, 2.24) is 15.2 Å². The van der Waals surface area contributed by atoms with Crippen LogP contribution in [0.25, 0.3) is 10.8 Å². The molecule has 3 aromatic rings. The summed E-state index contributed by atoms with van der Waals surface area (Å²) in [5, 5.41) is 5.03. The van der Waals surface area contributed by atoms with Crippen LogP contribution in [-0.2, 0) is 27.2 Å². The Labute approximate surface area is 199 Å². The lowest BCUT2D eigenvalue weighted by molar-refractivity contribution is -0.140. The molecule has 1 aliphatic rings. The van der Waals surface area contributed by atoms with Crippen molar-refractivity contribution >= 4 is 22.6 Å². The van der Waals surface area contributed by atoms with Crippen LogP contribution in [0.3, 0.4) is 0 Å². The molecule has 1 saturated heterocycles. The molecule has 0 radical (unpaired) electrons. The van der Waals surface area contributed by atoms with E-state index in [1.54, 1.807) is 43.1 Å². The van der Waals surface area contributed by atoms with Gasteiger partial charge in [-0.2, -0.15) is 0 Å². The van der Waals surface area contributed by atoms with E-state index >= 15 is 0 Å². The van der Waals surface area contributed by atoms with E-state index in [0.29, 0.717) is 31.9 Å². The van der Waals surface area contributed by atoms with Crippen LogP contribution in [0, 0.1) is 11.7 Å². The average Bonchev–Trinajstić information content (AvgIpc) is 3.05. The Hall–Kier alpha value is -3.32. The fourth-order valence-corrected chi connectivity index (χ4v) is 4.51. The van der Waals surface area contributed by atoms with Crippen LogP contribution in [0.1, 0.15) is 25.0 Å². The number of carbonyl (C=O) groups excluding carboxylic acids is 2. The highest BCUT2D eigenvalue weighted by atomic mass is 19.1. The molecule has 6 nitrogen and oxygen atoms in total. The van der Waals surface area contributed by atoms with Gasteiger partial charge in [0.05, 0.1) is 19.6 Å². The van der Waals surface area contributed by atoms with Crippen molar-refractivity contribution in [3.63, 3.8) is 0 Å². The molecule has 178 valence electrons. The molecule has 2 heterocycles. The maximum absolute atomic E-state index is 13.9. The van der Waals surface area contributed by atoms with Crippen LogP contribution in [0.5, 0.6) is 0 Å². The van der Waals surface area contributed by atoms with E-state index in [-0.39, 0.29) is 18.2 Å². The standard InChI is InChI=1S/C27H30FN3O3/c1-27(2,30-25(32)15-22-6-3-4-9-24(22)28)26(33)31-12-13-34-18-19(17-31)14-21-8-5-7-20-10-11-29-16-23(20)21/h3-11,16,19H,12-15,17-18H2,1-2H3,(H,30,32)/t19-/m1/s1. The van der Waals surface area contributed by atoms with E-state index in [9.17, 15) is 14.0 Å². The second-order valence-electron chi connectivity index (χ2n) is 9.35. The largest absolute Gasteiger partial charge is 0.379 e. The minimum atomic E-state index is -1.12. The lowest BCUT2D eigenvalue weighted by Crippen LogP contribution is -2.57. The third kappa shape index (κ3) is 5.59. The van der Waals surface area contributed by atoms with Crippen molar-refractivity contribution in [2.75, 3.05) is 26.3 Å². The first-order valence-electron chi connectivity index (χ1n) is 11.6. The lowest BCUT2D eigenvalue weighted by atomic mass is 9.95. The van der Waals surface area contributed by atoms with Crippen molar-refractivity contribution in [3.8, 4) is 0 Å². The van der Waals surface area contributed by atoms with Gasteiger partial charge in [0.25, 0.3) is 0 Å². The number of carbonyl (C=O) groups is 2. The number of fused-ring (bicyclic) bond motifs is 1. The molecule has 1 fully saturated rings. The van der Waals surface area contributed by atoms with Crippen molar-refractivity contribution in [2.24, 2.45) is 5.92 Å². The molecular formula is C27H30FN3O3. The highest BCUT2D eigenvalue weighted by molar-refractivity contribution is 5.91. The summed E-state index contributed by atoms with van der Waals surface area (Å²) in [6.07, 6.45) is 4.29. The van der Waals surface area contributed by atoms with E-state index in [1.807, 2.05) is 18.3 Å². The molecule has 1 aromatic heterocycles. The molecule has 0 aliphatic carbocycles. The molecule has 0 bridgehead atoms. The summed E-state index contributed by atoms with van der Waals surface area (Å²) >= 11 is 0. The van der Waals surface area contributed by atoms with Crippen molar-refractivity contribution in [3.05, 3.63) is 77.9 Å². The van der Waals surface area contributed by atoms with Crippen molar-refractivity contribution in [1.29, 1.82) is 0 Å². The first-order valence-corrected chi connectivity index (χ1v) is 11.6. The summed E-state index contributed by atoms with van der Waals surface area (Å²) in [5.41, 5.74) is 0.350. The van der Waals surface area contributed by atoms with Gasteiger partial charge in [0, 0.05) is 36.8 Å². The van der Waals surface area contributed by atoms with Crippen molar-refractivity contribution < 1.29 is 18.7 Å². The molecule has 34 heavy (non-hydrogen) atoms. The zero-order valence-electron chi connectivity index (χ0n) is 19.6. The highest BCUT2D eigenvalue weighted by Gasteiger charge is 2.35. The van der Waals surface area contributed by atoms with E-state index < -0.39 is 17.3 Å². The van der Waals surface area contributed by atoms with Gasteiger partial charge in [0.15, 0.2) is 0 Å². The molecule has 0 saturated carbocycles. The third-order valence-electron chi connectivity index (χ3n) is 6.20. The number of benzene rings is 2. The predicted molar refractivity (Wildman–Crippen MR) is 129 cm³/mol. The molecule has 1 N–H and O–H groups in total. The first-order chi connectivity index (χ1) is 16.3. The fraction of sp³-hybridized carbons (Fsp3) is 0.370. The van der Waals surface area contributed by atoms with E-state index in [2.05, 4.69) is 22.4 Å². The van der Waals surface area contributed by atoms with E-state index in [1.165, 1.54) is 11.6 Å². The molecule has 2 amide bonds.